The molecule has 0 radical (unpaired) electrons. The zero-order valence-electron chi connectivity index (χ0n) is 13.8. The molecule has 1 amide bonds. The number of rotatable bonds is 6. The van der Waals surface area contributed by atoms with E-state index in [4.69, 9.17) is 0 Å². The van der Waals surface area contributed by atoms with Gasteiger partial charge in [-0.15, -0.1) is 0 Å². The van der Waals surface area contributed by atoms with Gasteiger partial charge in [-0.3, -0.25) is 4.79 Å². The van der Waals surface area contributed by atoms with Crippen LogP contribution in [0.1, 0.15) is 23.7 Å². The molecule has 1 unspecified atom stereocenters. The molecule has 0 fully saturated rings. The van der Waals surface area contributed by atoms with Crippen molar-refractivity contribution in [3.63, 3.8) is 0 Å². The fourth-order valence-corrected chi connectivity index (χ4v) is 2.52. The molecule has 1 aromatic carbocycles. The maximum Gasteiger partial charge on any atom is 0.256 e. The van der Waals surface area contributed by atoms with Crippen LogP contribution in [0.2, 0.25) is 0 Å². The lowest BCUT2D eigenvalue weighted by molar-refractivity contribution is 0.0945. The van der Waals surface area contributed by atoms with Crippen molar-refractivity contribution in [2.45, 2.75) is 19.4 Å². The smallest absolute Gasteiger partial charge is 0.256 e. The van der Waals surface area contributed by atoms with Gasteiger partial charge in [0, 0.05) is 18.9 Å². The molecule has 2 heterocycles. The van der Waals surface area contributed by atoms with Crippen molar-refractivity contribution < 1.29 is 14.3 Å². The predicted octanol–water partition coefficient (Wildman–Crippen LogP) is 2.30. The summed E-state index contributed by atoms with van der Waals surface area (Å²) in [7, 11) is 0. The highest BCUT2D eigenvalue weighted by Crippen LogP contribution is 2.21. The first-order chi connectivity index (χ1) is 12.1. The van der Waals surface area contributed by atoms with Crippen molar-refractivity contribution in [1.82, 2.24) is 19.7 Å². The highest BCUT2D eigenvalue weighted by Gasteiger charge is 2.21. The summed E-state index contributed by atoms with van der Waals surface area (Å²) in [6.07, 6.45) is 4.90. The minimum Gasteiger partial charge on any atom is -0.393 e. The van der Waals surface area contributed by atoms with E-state index in [2.05, 4.69) is 10.4 Å². The second-order valence-electron chi connectivity index (χ2n) is 5.73. The minimum absolute atomic E-state index is 0.259. The third-order valence-electron chi connectivity index (χ3n) is 3.77. The maximum atomic E-state index is 14.2. The number of hydrogen-bond donors (Lipinski definition) is 2. The standard InChI is InChI=1S/C18H19FN4O2/c1-13(24)8-9-20-17(25)14-12-21-23(16-7-3-2-6-15(16)19)18(14)22-10-4-5-11-22/h2-7,10-13,24H,8-9H2,1H3,(H,20,25). The van der Waals surface area contributed by atoms with Gasteiger partial charge in [-0.25, -0.2) is 9.07 Å². The second-order valence-corrected chi connectivity index (χ2v) is 5.73. The van der Waals surface area contributed by atoms with Gasteiger partial charge in [0.1, 0.15) is 17.1 Å². The summed E-state index contributed by atoms with van der Waals surface area (Å²) >= 11 is 0. The maximum absolute atomic E-state index is 14.2. The molecule has 25 heavy (non-hydrogen) atoms. The Balaban J connectivity index is 2.00. The average Bonchev–Trinajstić information content (AvgIpc) is 3.24. The lowest BCUT2D eigenvalue weighted by atomic mass is 10.2. The van der Waals surface area contributed by atoms with E-state index >= 15 is 0 Å². The summed E-state index contributed by atoms with van der Waals surface area (Å²) in [4.78, 5) is 12.5. The number of nitrogens with zero attached hydrogens (tertiary/aromatic N) is 3. The van der Waals surface area contributed by atoms with Crippen molar-refractivity contribution in [3.8, 4) is 11.5 Å². The van der Waals surface area contributed by atoms with Crippen LogP contribution in [0.4, 0.5) is 4.39 Å². The summed E-state index contributed by atoms with van der Waals surface area (Å²) in [6.45, 7) is 2.00. The van der Waals surface area contributed by atoms with Crippen LogP contribution in [-0.2, 0) is 0 Å². The molecule has 0 aliphatic rings. The Hall–Kier alpha value is -2.93. The number of benzene rings is 1. The van der Waals surface area contributed by atoms with E-state index in [-0.39, 0.29) is 11.6 Å². The van der Waals surface area contributed by atoms with E-state index in [1.807, 2.05) is 12.1 Å². The number of halogens is 1. The quantitative estimate of drug-likeness (QED) is 0.722. The fourth-order valence-electron chi connectivity index (χ4n) is 2.52. The van der Waals surface area contributed by atoms with Crippen LogP contribution in [-0.4, -0.2) is 38.0 Å². The molecule has 130 valence electrons. The lowest BCUT2D eigenvalue weighted by Gasteiger charge is -2.12. The Labute approximate surface area is 144 Å². The Kier molecular flexibility index (Phi) is 4.95. The number of aliphatic hydroxyl groups is 1. The first-order valence-electron chi connectivity index (χ1n) is 8.00. The van der Waals surface area contributed by atoms with Gasteiger partial charge in [0.05, 0.1) is 12.3 Å². The van der Waals surface area contributed by atoms with Crippen LogP contribution in [0.3, 0.4) is 0 Å². The first-order valence-corrected chi connectivity index (χ1v) is 8.00. The van der Waals surface area contributed by atoms with E-state index < -0.39 is 11.9 Å². The van der Waals surface area contributed by atoms with Gasteiger partial charge in [-0.2, -0.15) is 5.10 Å². The van der Waals surface area contributed by atoms with Crippen LogP contribution >= 0.6 is 0 Å². The number of para-hydroxylation sites is 1. The number of nitrogens with one attached hydrogen (secondary N) is 1. The molecular weight excluding hydrogens is 323 g/mol. The SMILES string of the molecule is CC(O)CCNC(=O)c1cnn(-c2ccccc2F)c1-n1cccc1. The first kappa shape index (κ1) is 16.9. The normalized spacial score (nSPS) is 12.1. The van der Waals surface area contributed by atoms with E-state index in [0.29, 0.717) is 24.3 Å². The molecule has 0 saturated heterocycles. The Morgan fingerprint density at radius 2 is 2.00 bits per heavy atom. The second kappa shape index (κ2) is 7.31. The van der Waals surface area contributed by atoms with E-state index in [1.165, 1.54) is 16.9 Å². The van der Waals surface area contributed by atoms with Crippen LogP contribution in [0.15, 0.2) is 55.0 Å². The molecule has 2 N–H and O–H groups in total. The van der Waals surface area contributed by atoms with Gasteiger partial charge in [-0.1, -0.05) is 12.1 Å². The van der Waals surface area contributed by atoms with Gasteiger partial charge in [0.15, 0.2) is 5.82 Å². The molecule has 0 spiro atoms. The summed E-state index contributed by atoms with van der Waals surface area (Å²) < 4.78 is 17.3. The van der Waals surface area contributed by atoms with Crippen molar-refractivity contribution in [2.24, 2.45) is 0 Å². The van der Waals surface area contributed by atoms with Crippen molar-refractivity contribution >= 4 is 5.91 Å². The number of aromatic nitrogens is 3. The average molecular weight is 342 g/mol. The zero-order chi connectivity index (χ0) is 17.8. The Morgan fingerprint density at radius 1 is 1.28 bits per heavy atom. The van der Waals surface area contributed by atoms with Gasteiger partial charge < -0.3 is 15.0 Å². The summed E-state index contributed by atoms with van der Waals surface area (Å²) in [5.74, 6) is -0.309. The Bertz CT molecular complexity index is 856. The van der Waals surface area contributed by atoms with Crippen LogP contribution in [0.25, 0.3) is 11.5 Å². The number of amides is 1. The van der Waals surface area contributed by atoms with Crippen LogP contribution < -0.4 is 5.32 Å². The van der Waals surface area contributed by atoms with E-state index in [1.54, 1.807) is 42.1 Å². The largest absolute Gasteiger partial charge is 0.393 e. The molecule has 1 atom stereocenters. The van der Waals surface area contributed by atoms with Gasteiger partial charge >= 0.3 is 0 Å². The molecule has 0 aliphatic heterocycles. The van der Waals surface area contributed by atoms with Crippen molar-refractivity contribution in [2.75, 3.05) is 6.54 Å². The number of carbonyl (C=O) groups excluding carboxylic acids is 1. The number of aliphatic hydroxyl groups excluding tert-OH is 1. The third-order valence-corrected chi connectivity index (χ3v) is 3.77. The highest BCUT2D eigenvalue weighted by atomic mass is 19.1. The molecule has 0 bridgehead atoms. The minimum atomic E-state index is -0.495. The van der Waals surface area contributed by atoms with Crippen LogP contribution in [0, 0.1) is 5.82 Å². The van der Waals surface area contributed by atoms with Crippen molar-refractivity contribution in [1.29, 1.82) is 0 Å². The molecule has 6 nitrogen and oxygen atoms in total. The number of hydrogen-bond acceptors (Lipinski definition) is 3. The van der Waals surface area contributed by atoms with Gasteiger partial charge in [-0.05, 0) is 37.6 Å². The molecule has 3 aromatic rings. The molecule has 0 aliphatic carbocycles. The molecular formula is C18H19FN4O2. The predicted molar refractivity (Wildman–Crippen MR) is 91.5 cm³/mol. The van der Waals surface area contributed by atoms with E-state index in [9.17, 15) is 14.3 Å². The molecule has 3 rings (SSSR count). The Morgan fingerprint density at radius 3 is 2.68 bits per heavy atom. The molecule has 7 heteroatoms. The highest BCUT2D eigenvalue weighted by molar-refractivity contribution is 5.97. The van der Waals surface area contributed by atoms with Crippen molar-refractivity contribution in [3.05, 3.63) is 66.4 Å². The summed E-state index contributed by atoms with van der Waals surface area (Å²) in [6, 6.07) is 9.88. The lowest BCUT2D eigenvalue weighted by Crippen LogP contribution is -2.27. The van der Waals surface area contributed by atoms with Gasteiger partial charge in [0.25, 0.3) is 5.91 Å². The summed E-state index contributed by atoms with van der Waals surface area (Å²) in [5.41, 5.74) is 0.583. The van der Waals surface area contributed by atoms with Gasteiger partial charge in [0.2, 0.25) is 0 Å². The monoisotopic (exact) mass is 342 g/mol. The molecule has 2 aromatic heterocycles. The topological polar surface area (TPSA) is 72.1 Å². The number of carbonyl (C=O) groups is 1. The third kappa shape index (κ3) is 3.61. The van der Waals surface area contributed by atoms with E-state index in [0.717, 1.165) is 0 Å². The fraction of sp³-hybridized carbons (Fsp3) is 0.222. The van der Waals surface area contributed by atoms with Crippen LogP contribution in [0.5, 0.6) is 0 Å². The summed E-state index contributed by atoms with van der Waals surface area (Å²) in [5, 5.41) is 16.3. The zero-order valence-corrected chi connectivity index (χ0v) is 13.8. The molecule has 0 saturated carbocycles.